The molecule has 1 aromatic heterocycles. The van der Waals surface area contributed by atoms with Crippen LogP contribution in [0, 0.1) is 10.2 Å². The number of anilines is 1. The summed E-state index contributed by atoms with van der Waals surface area (Å²) in [6.45, 7) is 2.07. The van der Waals surface area contributed by atoms with Gasteiger partial charge in [0.05, 0.1) is 6.61 Å². The highest BCUT2D eigenvalue weighted by Gasteiger charge is 2.52. The number of carbonyl (C=O) groups is 1. The molecule has 0 saturated heterocycles. The standard InChI is InChI=1S/C24H22N2O2PS.ClHO4/c1-2-28-22(27)21-23(30-24(25)26-21)29(18-12-6-3-7-13-18,19-14-8-4-9-15-19)20-16-10-5-11-17-20;2-1(3,4)5/h3-17H,2H2,1H3,(H2,25,26);(H,2,3,4,5)/q+1;/p-1. The fourth-order valence-electron chi connectivity index (χ4n) is 3.64. The summed E-state index contributed by atoms with van der Waals surface area (Å²) < 4.78 is 40.2. The van der Waals surface area contributed by atoms with Gasteiger partial charge in [0.2, 0.25) is 5.69 Å². The predicted octanol–water partition coefficient (Wildman–Crippen LogP) is -1.23. The van der Waals surface area contributed by atoms with E-state index in [1.807, 2.05) is 54.6 Å². The first-order valence-corrected chi connectivity index (χ1v) is 14.1. The van der Waals surface area contributed by atoms with Gasteiger partial charge in [-0.1, -0.05) is 65.9 Å². The summed E-state index contributed by atoms with van der Waals surface area (Å²) >= 11 is 1.38. The lowest BCUT2D eigenvalue weighted by Gasteiger charge is -2.26. The van der Waals surface area contributed by atoms with Crippen LogP contribution in [0.25, 0.3) is 0 Å². The molecule has 4 aromatic rings. The van der Waals surface area contributed by atoms with Gasteiger partial charge in [-0.15, -0.1) is 10.2 Å². The Kier molecular flexibility index (Phi) is 8.93. The summed E-state index contributed by atoms with van der Waals surface area (Å²) in [5.74, 6) is -0.437. The Morgan fingerprint density at radius 2 is 1.23 bits per heavy atom. The summed E-state index contributed by atoms with van der Waals surface area (Å²) in [5.41, 5.74) is 6.47. The zero-order valence-corrected chi connectivity index (χ0v) is 21.0. The second-order valence-corrected chi connectivity index (χ2v) is 12.4. The third kappa shape index (κ3) is 6.42. The van der Waals surface area contributed by atoms with Crippen LogP contribution in [0.4, 0.5) is 5.13 Å². The number of ether oxygens (including phenoxy) is 1. The van der Waals surface area contributed by atoms with E-state index in [2.05, 4.69) is 41.4 Å². The zero-order chi connectivity index (χ0) is 25.5. The maximum Gasteiger partial charge on any atom is 0.362 e. The van der Waals surface area contributed by atoms with Gasteiger partial charge >= 0.3 is 5.97 Å². The molecule has 4 rings (SSSR count). The molecule has 0 amide bonds. The van der Waals surface area contributed by atoms with Crippen LogP contribution in [0.15, 0.2) is 91.0 Å². The van der Waals surface area contributed by atoms with Crippen LogP contribution in [-0.4, -0.2) is 17.6 Å². The van der Waals surface area contributed by atoms with Crippen molar-refractivity contribution in [2.75, 3.05) is 12.3 Å². The van der Waals surface area contributed by atoms with Crippen molar-refractivity contribution in [1.29, 1.82) is 0 Å². The number of carbonyl (C=O) groups excluding carboxylic acids is 1. The van der Waals surface area contributed by atoms with Crippen molar-refractivity contribution < 1.29 is 38.4 Å². The van der Waals surface area contributed by atoms with E-state index < -0.39 is 23.5 Å². The monoisotopic (exact) mass is 532 g/mol. The molecule has 0 radical (unpaired) electrons. The van der Waals surface area contributed by atoms with E-state index >= 15 is 0 Å². The van der Waals surface area contributed by atoms with Gasteiger partial charge in [0.25, 0.3) is 0 Å². The molecular weight excluding hydrogens is 511 g/mol. The van der Waals surface area contributed by atoms with Crippen LogP contribution in [0.5, 0.6) is 0 Å². The van der Waals surface area contributed by atoms with Crippen LogP contribution in [0.3, 0.4) is 0 Å². The quantitative estimate of drug-likeness (QED) is 0.239. The first-order valence-electron chi connectivity index (χ1n) is 10.3. The highest BCUT2D eigenvalue weighted by molar-refractivity contribution is 8.04. The first-order chi connectivity index (χ1) is 16.7. The van der Waals surface area contributed by atoms with Crippen LogP contribution in [0.2, 0.25) is 0 Å². The van der Waals surface area contributed by atoms with Crippen molar-refractivity contribution in [2.24, 2.45) is 0 Å². The second kappa shape index (κ2) is 11.7. The van der Waals surface area contributed by atoms with E-state index in [9.17, 15) is 4.79 Å². The number of benzene rings is 3. The molecule has 0 aliphatic heterocycles. The van der Waals surface area contributed by atoms with Gasteiger partial charge in [-0.3, -0.25) is 0 Å². The normalized spacial score (nSPS) is 11.3. The number of rotatable bonds is 6. The van der Waals surface area contributed by atoms with Crippen molar-refractivity contribution in [2.45, 2.75) is 6.92 Å². The van der Waals surface area contributed by atoms with Crippen molar-refractivity contribution in [3.63, 3.8) is 0 Å². The Labute approximate surface area is 209 Å². The summed E-state index contributed by atoms with van der Waals surface area (Å²) in [4.78, 5) is 17.3. The number of hydrogen-bond acceptors (Lipinski definition) is 9. The Hall–Kier alpha value is -2.88. The average Bonchev–Trinajstić information content (AvgIpc) is 3.23. The lowest BCUT2D eigenvalue weighted by Crippen LogP contribution is -2.68. The average molecular weight is 533 g/mol. The maximum absolute atomic E-state index is 12.9. The molecule has 2 N–H and O–H groups in total. The number of nitrogens with zero attached hydrogens (tertiary/aromatic N) is 1. The zero-order valence-electron chi connectivity index (χ0n) is 18.6. The SMILES string of the molecule is CCOC(=O)c1nc(N)sc1[P+](c1ccccc1)(c1ccccc1)c1ccccc1.[O-][Cl+3]([O-])([O-])[O-]. The van der Waals surface area contributed by atoms with E-state index in [-0.39, 0.29) is 6.61 Å². The van der Waals surface area contributed by atoms with Crippen molar-refractivity contribution in [1.82, 2.24) is 4.98 Å². The van der Waals surface area contributed by atoms with E-state index in [0.717, 1.165) is 20.5 Å². The van der Waals surface area contributed by atoms with Gasteiger partial charge in [-0.05, 0) is 43.3 Å². The molecule has 0 unspecified atom stereocenters. The van der Waals surface area contributed by atoms with Gasteiger partial charge < -0.3 is 10.5 Å². The molecular formula is C24H22ClN2O6PS. The molecule has 0 fully saturated rings. The summed E-state index contributed by atoms with van der Waals surface area (Å²) in [6.07, 6.45) is 0. The molecule has 0 bridgehead atoms. The lowest BCUT2D eigenvalue weighted by molar-refractivity contribution is -2.00. The predicted molar refractivity (Wildman–Crippen MR) is 127 cm³/mol. The van der Waals surface area contributed by atoms with E-state index in [4.69, 9.17) is 29.1 Å². The van der Waals surface area contributed by atoms with E-state index in [1.54, 1.807) is 6.92 Å². The van der Waals surface area contributed by atoms with Crippen molar-refractivity contribution in [3.05, 3.63) is 96.7 Å². The van der Waals surface area contributed by atoms with Gasteiger partial charge in [0.15, 0.2) is 17.0 Å². The molecule has 3 aromatic carbocycles. The van der Waals surface area contributed by atoms with Crippen LogP contribution >= 0.6 is 18.6 Å². The highest BCUT2D eigenvalue weighted by Crippen LogP contribution is 2.56. The number of thiazole rings is 1. The van der Waals surface area contributed by atoms with Gasteiger partial charge in [-0.2, -0.15) is 0 Å². The Balaban J connectivity index is 0.000000623. The molecule has 0 saturated carbocycles. The van der Waals surface area contributed by atoms with Gasteiger partial charge in [0.1, 0.15) is 15.9 Å². The minimum Gasteiger partial charge on any atom is -0.461 e. The largest absolute Gasteiger partial charge is 0.461 e. The topological polar surface area (TPSA) is 157 Å². The number of aromatic nitrogens is 1. The van der Waals surface area contributed by atoms with E-state index in [0.29, 0.717) is 10.8 Å². The van der Waals surface area contributed by atoms with Crippen molar-refractivity contribution >= 4 is 50.2 Å². The summed E-state index contributed by atoms with van der Waals surface area (Å²) in [5, 5.41) is 3.77. The molecule has 35 heavy (non-hydrogen) atoms. The smallest absolute Gasteiger partial charge is 0.362 e. The molecule has 0 atom stereocenters. The van der Waals surface area contributed by atoms with Gasteiger partial charge in [0, 0.05) is 0 Å². The van der Waals surface area contributed by atoms with Crippen LogP contribution in [-0.2, 0) is 4.74 Å². The molecule has 0 aliphatic carbocycles. The van der Waals surface area contributed by atoms with Crippen molar-refractivity contribution in [3.8, 4) is 0 Å². The molecule has 0 aliphatic rings. The third-order valence-corrected chi connectivity index (χ3v) is 10.7. The minimum absolute atomic E-state index is 0.281. The van der Waals surface area contributed by atoms with Crippen LogP contribution in [0.1, 0.15) is 17.4 Å². The molecule has 182 valence electrons. The number of hydrogen-bond donors (Lipinski definition) is 1. The summed E-state index contributed by atoms with van der Waals surface area (Å²) in [7, 11) is -7.37. The number of halogens is 1. The fourth-order valence-corrected chi connectivity index (χ4v) is 9.89. The maximum atomic E-state index is 12.9. The molecule has 0 spiro atoms. The number of nitrogens with two attached hydrogens (primary N) is 1. The highest BCUT2D eigenvalue weighted by atomic mass is 35.7. The summed E-state index contributed by atoms with van der Waals surface area (Å²) in [6, 6.07) is 30.9. The number of esters is 1. The van der Waals surface area contributed by atoms with E-state index in [1.165, 1.54) is 11.3 Å². The Bertz CT molecular complexity index is 1130. The Morgan fingerprint density at radius 3 is 1.57 bits per heavy atom. The molecule has 8 nitrogen and oxygen atoms in total. The first kappa shape index (κ1) is 26.7. The minimum atomic E-state index is -4.94. The second-order valence-electron chi connectivity index (χ2n) is 6.98. The lowest BCUT2D eigenvalue weighted by atomic mass is 10.4. The Morgan fingerprint density at radius 1 is 0.857 bits per heavy atom. The van der Waals surface area contributed by atoms with Gasteiger partial charge in [-0.25, -0.2) is 28.4 Å². The molecule has 1 heterocycles. The van der Waals surface area contributed by atoms with Crippen LogP contribution < -0.4 is 44.9 Å². The third-order valence-electron chi connectivity index (χ3n) is 4.83. The number of nitrogen functional groups attached to an aromatic ring is 1. The fraction of sp³-hybridized carbons (Fsp3) is 0.0833. The molecule has 11 heteroatoms.